The van der Waals surface area contributed by atoms with Crippen LogP contribution in [-0.4, -0.2) is 43.7 Å². The SMILES string of the molecule is O=C(O)c1nc2ccccc2n([C@@H]2C[C@H]3CC[C@@H](C2)N3C2CCCCCCC2)c1=O. The second kappa shape index (κ2) is 8.14. The largest absolute Gasteiger partial charge is 0.476 e. The number of fused-ring (bicyclic) bond motifs is 3. The standard InChI is InChI=1S/C24H31N3O3/c28-23-22(24(29)30)25-20-10-6-7-11-21(20)27(23)19-14-17-12-13-18(15-19)26(17)16-8-4-2-1-3-5-9-16/h6-7,10-11,16-19H,1-5,8-9,12-15H2,(H,29,30)/t17-,18+,19-. The number of piperidine rings is 1. The Balaban J connectivity index is 1.48. The predicted molar refractivity (Wildman–Crippen MR) is 116 cm³/mol. The van der Waals surface area contributed by atoms with Crippen molar-refractivity contribution in [2.75, 3.05) is 0 Å². The van der Waals surface area contributed by atoms with Crippen molar-refractivity contribution in [3.8, 4) is 0 Å². The number of aromatic carboxylic acids is 1. The second-order valence-electron chi connectivity index (χ2n) is 9.39. The molecule has 2 saturated heterocycles. The molecular weight excluding hydrogens is 378 g/mol. The summed E-state index contributed by atoms with van der Waals surface area (Å²) in [4.78, 5) is 31.8. The molecule has 0 unspecified atom stereocenters. The molecule has 6 heteroatoms. The molecule has 3 heterocycles. The first kappa shape index (κ1) is 19.7. The van der Waals surface area contributed by atoms with Gasteiger partial charge in [0.05, 0.1) is 11.0 Å². The highest BCUT2D eigenvalue weighted by Gasteiger charge is 2.44. The Morgan fingerprint density at radius 3 is 2.17 bits per heavy atom. The number of hydrogen-bond donors (Lipinski definition) is 1. The highest BCUT2D eigenvalue weighted by molar-refractivity contribution is 5.88. The minimum Gasteiger partial charge on any atom is -0.476 e. The average Bonchev–Trinajstić information content (AvgIpc) is 2.96. The molecule has 0 spiro atoms. The summed E-state index contributed by atoms with van der Waals surface area (Å²) in [5.41, 5.74) is 0.536. The van der Waals surface area contributed by atoms with Gasteiger partial charge in [-0.1, -0.05) is 44.2 Å². The van der Waals surface area contributed by atoms with E-state index >= 15 is 0 Å². The third-order valence-corrected chi connectivity index (χ3v) is 7.62. The zero-order chi connectivity index (χ0) is 20.7. The molecule has 3 atom stereocenters. The number of aromatic nitrogens is 2. The molecule has 2 aromatic rings. The fourth-order valence-electron chi connectivity index (χ4n) is 6.38. The van der Waals surface area contributed by atoms with Crippen LogP contribution in [0.4, 0.5) is 0 Å². The lowest BCUT2D eigenvalue weighted by atomic mass is 9.89. The van der Waals surface area contributed by atoms with Gasteiger partial charge < -0.3 is 9.67 Å². The van der Waals surface area contributed by atoms with Crippen molar-refractivity contribution in [1.82, 2.24) is 14.5 Å². The second-order valence-corrected chi connectivity index (χ2v) is 9.39. The Kier molecular flexibility index (Phi) is 5.35. The van der Waals surface area contributed by atoms with Gasteiger partial charge in [-0.3, -0.25) is 9.69 Å². The van der Waals surface area contributed by atoms with E-state index in [1.807, 2.05) is 18.2 Å². The number of benzene rings is 1. The molecule has 5 rings (SSSR count). The monoisotopic (exact) mass is 409 g/mol. The highest BCUT2D eigenvalue weighted by Crippen LogP contribution is 2.44. The molecule has 30 heavy (non-hydrogen) atoms. The van der Waals surface area contributed by atoms with Crippen LogP contribution in [0.25, 0.3) is 11.0 Å². The lowest BCUT2D eigenvalue weighted by molar-refractivity contribution is 0.0495. The summed E-state index contributed by atoms with van der Waals surface area (Å²) >= 11 is 0. The van der Waals surface area contributed by atoms with Crippen LogP contribution in [0.2, 0.25) is 0 Å². The first-order valence-electron chi connectivity index (χ1n) is 11.7. The number of carboxylic acid groups (broad SMARTS) is 1. The number of nitrogens with zero attached hydrogens (tertiary/aromatic N) is 3. The van der Waals surface area contributed by atoms with Gasteiger partial charge in [-0.05, 0) is 50.7 Å². The van der Waals surface area contributed by atoms with Gasteiger partial charge in [-0.25, -0.2) is 9.78 Å². The van der Waals surface area contributed by atoms with Gasteiger partial charge in [0.2, 0.25) is 5.69 Å². The first-order valence-corrected chi connectivity index (χ1v) is 11.7. The van der Waals surface area contributed by atoms with Crippen molar-refractivity contribution < 1.29 is 9.90 Å². The van der Waals surface area contributed by atoms with Crippen LogP contribution in [0.15, 0.2) is 29.1 Å². The van der Waals surface area contributed by atoms with E-state index in [1.165, 1.54) is 57.8 Å². The molecule has 1 aromatic carbocycles. The Morgan fingerprint density at radius 2 is 1.50 bits per heavy atom. The third kappa shape index (κ3) is 3.45. The molecule has 1 aromatic heterocycles. The molecule has 3 aliphatic rings. The van der Waals surface area contributed by atoms with Crippen LogP contribution in [0.5, 0.6) is 0 Å². The molecule has 0 amide bonds. The van der Waals surface area contributed by atoms with Crippen molar-refractivity contribution in [1.29, 1.82) is 0 Å². The summed E-state index contributed by atoms with van der Waals surface area (Å²) in [5, 5.41) is 9.54. The maximum absolute atomic E-state index is 13.1. The third-order valence-electron chi connectivity index (χ3n) is 7.62. The van der Waals surface area contributed by atoms with Crippen molar-refractivity contribution in [3.05, 3.63) is 40.3 Å². The van der Waals surface area contributed by atoms with E-state index < -0.39 is 11.5 Å². The molecule has 1 N–H and O–H groups in total. The molecule has 2 aliphatic heterocycles. The average molecular weight is 410 g/mol. The number of carbonyl (C=O) groups is 1. The van der Waals surface area contributed by atoms with Crippen molar-refractivity contribution in [2.45, 2.75) is 94.8 Å². The molecule has 160 valence electrons. The maximum atomic E-state index is 13.1. The van der Waals surface area contributed by atoms with Crippen molar-refractivity contribution >= 4 is 17.0 Å². The molecule has 1 aliphatic carbocycles. The van der Waals surface area contributed by atoms with E-state index in [2.05, 4.69) is 9.88 Å². The van der Waals surface area contributed by atoms with E-state index in [0.717, 1.165) is 18.4 Å². The molecular formula is C24H31N3O3. The van der Waals surface area contributed by atoms with Crippen LogP contribution in [0.3, 0.4) is 0 Å². The summed E-state index contributed by atoms with van der Waals surface area (Å²) in [7, 11) is 0. The van der Waals surface area contributed by atoms with Gasteiger partial charge in [0.25, 0.3) is 5.56 Å². The molecule has 3 fully saturated rings. The van der Waals surface area contributed by atoms with Gasteiger partial charge in [0.1, 0.15) is 0 Å². The number of hydrogen-bond acceptors (Lipinski definition) is 4. The van der Waals surface area contributed by atoms with Gasteiger partial charge in [-0.15, -0.1) is 0 Å². The summed E-state index contributed by atoms with van der Waals surface area (Å²) in [6.07, 6.45) is 13.6. The molecule has 2 bridgehead atoms. The zero-order valence-corrected chi connectivity index (χ0v) is 17.5. The van der Waals surface area contributed by atoms with Gasteiger partial charge in [0, 0.05) is 24.2 Å². The van der Waals surface area contributed by atoms with Crippen LogP contribution in [0, 0.1) is 0 Å². The van der Waals surface area contributed by atoms with E-state index in [-0.39, 0.29) is 11.7 Å². The predicted octanol–water partition coefficient (Wildman–Crippen LogP) is 4.38. The fourth-order valence-corrected chi connectivity index (χ4v) is 6.38. The van der Waals surface area contributed by atoms with E-state index in [4.69, 9.17) is 0 Å². The fraction of sp³-hybridized carbons (Fsp3) is 0.625. The Bertz CT molecular complexity index is 979. The Labute approximate surface area is 176 Å². The lowest BCUT2D eigenvalue weighted by Gasteiger charge is -2.45. The van der Waals surface area contributed by atoms with E-state index in [1.54, 1.807) is 10.6 Å². The highest BCUT2D eigenvalue weighted by atomic mass is 16.4. The smallest absolute Gasteiger partial charge is 0.360 e. The van der Waals surface area contributed by atoms with Gasteiger partial charge in [-0.2, -0.15) is 0 Å². The molecule has 1 saturated carbocycles. The lowest BCUT2D eigenvalue weighted by Crippen LogP contribution is -2.50. The summed E-state index contributed by atoms with van der Waals surface area (Å²) in [6.45, 7) is 0. The summed E-state index contributed by atoms with van der Waals surface area (Å²) in [5.74, 6) is -1.24. The van der Waals surface area contributed by atoms with Crippen LogP contribution in [0.1, 0.15) is 87.2 Å². The molecule has 0 radical (unpaired) electrons. The van der Waals surface area contributed by atoms with Crippen molar-refractivity contribution in [2.24, 2.45) is 0 Å². The van der Waals surface area contributed by atoms with Crippen molar-refractivity contribution in [3.63, 3.8) is 0 Å². The quantitative estimate of drug-likeness (QED) is 0.814. The minimum absolute atomic E-state index is 0.0470. The van der Waals surface area contributed by atoms with E-state index in [9.17, 15) is 14.7 Å². The number of carboxylic acids is 1. The summed E-state index contributed by atoms with van der Waals surface area (Å²) < 4.78 is 1.76. The minimum atomic E-state index is -1.24. The number of rotatable bonds is 3. The van der Waals surface area contributed by atoms with Gasteiger partial charge in [0.15, 0.2) is 0 Å². The normalized spacial score (nSPS) is 28.3. The zero-order valence-electron chi connectivity index (χ0n) is 17.5. The molecule has 6 nitrogen and oxygen atoms in total. The topological polar surface area (TPSA) is 75.4 Å². The maximum Gasteiger partial charge on any atom is 0.360 e. The van der Waals surface area contributed by atoms with E-state index in [0.29, 0.717) is 23.6 Å². The van der Waals surface area contributed by atoms with Crippen LogP contribution < -0.4 is 5.56 Å². The summed E-state index contributed by atoms with van der Waals surface area (Å²) in [6, 6.07) is 9.19. The number of para-hydroxylation sites is 2. The Hall–Kier alpha value is -2.21. The van der Waals surface area contributed by atoms with Crippen LogP contribution in [-0.2, 0) is 0 Å². The van der Waals surface area contributed by atoms with Gasteiger partial charge >= 0.3 is 5.97 Å². The Morgan fingerprint density at radius 1 is 0.867 bits per heavy atom. The van der Waals surface area contributed by atoms with Crippen LogP contribution >= 0.6 is 0 Å². The first-order chi connectivity index (χ1) is 14.6.